The van der Waals surface area contributed by atoms with E-state index >= 15 is 0 Å². The highest BCUT2D eigenvalue weighted by molar-refractivity contribution is 5.92. The average molecular weight is 275 g/mol. The number of amides is 1. The van der Waals surface area contributed by atoms with E-state index < -0.39 is 0 Å². The lowest BCUT2D eigenvalue weighted by Gasteiger charge is -2.37. The van der Waals surface area contributed by atoms with Crippen LogP contribution in [0, 0.1) is 12.8 Å². The van der Waals surface area contributed by atoms with Gasteiger partial charge in [0.1, 0.15) is 0 Å². The maximum Gasteiger partial charge on any atom is 0.238 e. The van der Waals surface area contributed by atoms with Gasteiger partial charge in [-0.25, -0.2) is 0 Å². The van der Waals surface area contributed by atoms with Crippen molar-refractivity contribution in [2.45, 2.75) is 39.7 Å². The van der Waals surface area contributed by atoms with E-state index in [0.717, 1.165) is 17.8 Å². The van der Waals surface area contributed by atoms with Crippen LogP contribution in [0.3, 0.4) is 0 Å². The Labute approximate surface area is 121 Å². The number of nitrogens with zero attached hydrogens (tertiary/aromatic N) is 1. The number of likely N-dealkylation sites (tertiary alicyclic amines) is 1. The zero-order valence-electron chi connectivity index (χ0n) is 12.6. The van der Waals surface area contributed by atoms with Gasteiger partial charge in [-0.1, -0.05) is 13.0 Å². The second kappa shape index (κ2) is 6.27. The fourth-order valence-electron chi connectivity index (χ4n) is 2.75. The molecule has 1 aromatic carbocycles. The van der Waals surface area contributed by atoms with Crippen molar-refractivity contribution in [2.75, 3.05) is 24.1 Å². The van der Waals surface area contributed by atoms with Crippen molar-refractivity contribution in [3.8, 4) is 0 Å². The first-order valence-corrected chi connectivity index (χ1v) is 7.37. The highest BCUT2D eigenvalue weighted by atomic mass is 16.2. The van der Waals surface area contributed by atoms with Gasteiger partial charge in [-0.15, -0.1) is 0 Å². The van der Waals surface area contributed by atoms with Gasteiger partial charge in [0.15, 0.2) is 0 Å². The molecular weight excluding hydrogens is 250 g/mol. The van der Waals surface area contributed by atoms with Crippen molar-refractivity contribution < 1.29 is 4.79 Å². The largest absolute Gasteiger partial charge is 0.398 e. The van der Waals surface area contributed by atoms with E-state index in [2.05, 4.69) is 24.1 Å². The second-order valence-corrected chi connectivity index (χ2v) is 5.95. The van der Waals surface area contributed by atoms with Gasteiger partial charge in [-0.05, 0) is 56.8 Å². The second-order valence-electron chi connectivity index (χ2n) is 5.95. The Balaban J connectivity index is 1.93. The lowest BCUT2D eigenvalue weighted by atomic mass is 9.92. The Kier molecular flexibility index (Phi) is 4.65. The van der Waals surface area contributed by atoms with Crippen LogP contribution in [0.25, 0.3) is 0 Å². The van der Waals surface area contributed by atoms with Gasteiger partial charge < -0.3 is 11.1 Å². The van der Waals surface area contributed by atoms with Crippen molar-refractivity contribution in [2.24, 2.45) is 5.92 Å². The summed E-state index contributed by atoms with van der Waals surface area (Å²) in [6.45, 7) is 7.89. The minimum atomic E-state index is 0.0363. The SMILES string of the molecule is Cc1ccc(NC(=O)CN2CCCC(C)C2C)cc1N. The van der Waals surface area contributed by atoms with Crippen LogP contribution in [0.4, 0.5) is 11.4 Å². The van der Waals surface area contributed by atoms with Gasteiger partial charge in [-0.2, -0.15) is 0 Å². The van der Waals surface area contributed by atoms with E-state index in [0.29, 0.717) is 24.2 Å². The van der Waals surface area contributed by atoms with Crippen molar-refractivity contribution >= 4 is 17.3 Å². The molecular formula is C16H25N3O. The Hall–Kier alpha value is -1.55. The standard InChI is InChI=1S/C16H25N3O/c1-11-5-4-8-19(13(11)3)10-16(20)18-14-7-6-12(2)15(17)9-14/h6-7,9,11,13H,4-5,8,10,17H2,1-3H3,(H,18,20). The van der Waals surface area contributed by atoms with Crippen molar-refractivity contribution in [1.29, 1.82) is 0 Å². The predicted molar refractivity (Wildman–Crippen MR) is 83.7 cm³/mol. The number of nitrogens with one attached hydrogen (secondary N) is 1. The summed E-state index contributed by atoms with van der Waals surface area (Å²) in [6, 6.07) is 6.11. The highest BCUT2D eigenvalue weighted by Gasteiger charge is 2.25. The van der Waals surface area contributed by atoms with Gasteiger partial charge in [-0.3, -0.25) is 9.69 Å². The molecule has 0 spiro atoms. The number of rotatable bonds is 3. The molecule has 1 heterocycles. The summed E-state index contributed by atoms with van der Waals surface area (Å²) in [6.07, 6.45) is 2.43. The summed E-state index contributed by atoms with van der Waals surface area (Å²) in [4.78, 5) is 14.4. The van der Waals surface area contributed by atoms with Crippen LogP contribution in [-0.2, 0) is 4.79 Å². The maximum absolute atomic E-state index is 12.1. The van der Waals surface area contributed by atoms with Crippen LogP contribution in [0.15, 0.2) is 18.2 Å². The Morgan fingerprint density at radius 3 is 2.90 bits per heavy atom. The summed E-state index contributed by atoms with van der Waals surface area (Å²) in [5.74, 6) is 0.695. The Morgan fingerprint density at radius 2 is 2.20 bits per heavy atom. The number of hydrogen-bond acceptors (Lipinski definition) is 3. The molecule has 1 aliphatic heterocycles. The molecule has 1 amide bonds. The lowest BCUT2D eigenvalue weighted by molar-refractivity contribution is -0.118. The van der Waals surface area contributed by atoms with Crippen molar-refractivity contribution in [3.05, 3.63) is 23.8 Å². The molecule has 0 saturated carbocycles. The molecule has 2 rings (SSSR count). The summed E-state index contributed by atoms with van der Waals surface area (Å²) < 4.78 is 0. The Bertz CT molecular complexity index is 487. The highest BCUT2D eigenvalue weighted by Crippen LogP contribution is 2.22. The third-order valence-corrected chi connectivity index (χ3v) is 4.41. The Morgan fingerprint density at radius 1 is 1.45 bits per heavy atom. The number of anilines is 2. The van der Waals surface area contributed by atoms with E-state index in [1.165, 1.54) is 12.8 Å². The molecule has 0 bridgehead atoms. The molecule has 4 nitrogen and oxygen atoms in total. The number of hydrogen-bond donors (Lipinski definition) is 2. The number of piperidine rings is 1. The molecule has 20 heavy (non-hydrogen) atoms. The molecule has 0 radical (unpaired) electrons. The number of carbonyl (C=O) groups is 1. The van der Waals surface area contributed by atoms with Gasteiger partial charge >= 0.3 is 0 Å². The molecule has 3 N–H and O–H groups in total. The van der Waals surface area contributed by atoms with E-state index in [-0.39, 0.29) is 5.91 Å². The first kappa shape index (κ1) is 14.9. The lowest BCUT2D eigenvalue weighted by Crippen LogP contribution is -2.46. The average Bonchev–Trinajstić information content (AvgIpc) is 2.39. The third-order valence-electron chi connectivity index (χ3n) is 4.41. The van der Waals surface area contributed by atoms with Crippen LogP contribution in [0.2, 0.25) is 0 Å². The summed E-state index contributed by atoms with van der Waals surface area (Å²) >= 11 is 0. The van der Waals surface area contributed by atoms with Crippen molar-refractivity contribution in [1.82, 2.24) is 4.90 Å². The molecule has 1 aliphatic rings. The third kappa shape index (κ3) is 3.51. The fraction of sp³-hybridized carbons (Fsp3) is 0.562. The zero-order valence-corrected chi connectivity index (χ0v) is 12.6. The first-order valence-electron chi connectivity index (χ1n) is 7.37. The number of carbonyl (C=O) groups excluding carboxylic acids is 1. The first-order chi connectivity index (χ1) is 9.47. The van der Waals surface area contributed by atoms with E-state index in [1.807, 2.05) is 25.1 Å². The summed E-state index contributed by atoms with van der Waals surface area (Å²) in [5, 5.41) is 2.93. The van der Waals surface area contributed by atoms with Crippen LogP contribution >= 0.6 is 0 Å². The minimum absolute atomic E-state index is 0.0363. The van der Waals surface area contributed by atoms with E-state index in [1.54, 1.807) is 0 Å². The molecule has 4 heteroatoms. The predicted octanol–water partition coefficient (Wildman–Crippen LogP) is 2.64. The molecule has 2 unspecified atom stereocenters. The van der Waals surface area contributed by atoms with Gasteiger partial charge in [0.2, 0.25) is 5.91 Å². The molecule has 0 aliphatic carbocycles. The molecule has 0 aromatic heterocycles. The quantitative estimate of drug-likeness (QED) is 0.834. The van der Waals surface area contributed by atoms with E-state index in [9.17, 15) is 4.79 Å². The number of nitrogens with two attached hydrogens (primary N) is 1. The summed E-state index contributed by atoms with van der Waals surface area (Å²) in [7, 11) is 0. The minimum Gasteiger partial charge on any atom is -0.398 e. The fourth-order valence-corrected chi connectivity index (χ4v) is 2.75. The molecule has 1 fully saturated rings. The molecule has 1 saturated heterocycles. The normalized spacial score (nSPS) is 23.6. The molecule has 2 atom stereocenters. The monoisotopic (exact) mass is 275 g/mol. The number of nitrogen functional groups attached to an aromatic ring is 1. The van der Waals surface area contributed by atoms with Crippen LogP contribution in [0.5, 0.6) is 0 Å². The molecule has 1 aromatic rings. The summed E-state index contributed by atoms with van der Waals surface area (Å²) in [5.41, 5.74) is 8.37. The van der Waals surface area contributed by atoms with Crippen molar-refractivity contribution in [3.63, 3.8) is 0 Å². The van der Waals surface area contributed by atoms with Gasteiger partial charge in [0, 0.05) is 17.4 Å². The molecule has 110 valence electrons. The van der Waals surface area contributed by atoms with Crippen LogP contribution in [0.1, 0.15) is 32.3 Å². The van der Waals surface area contributed by atoms with Crippen LogP contribution in [-0.4, -0.2) is 29.9 Å². The maximum atomic E-state index is 12.1. The van der Waals surface area contributed by atoms with E-state index in [4.69, 9.17) is 5.73 Å². The van der Waals surface area contributed by atoms with Gasteiger partial charge in [0.05, 0.1) is 6.54 Å². The smallest absolute Gasteiger partial charge is 0.238 e. The number of aryl methyl sites for hydroxylation is 1. The van der Waals surface area contributed by atoms with Gasteiger partial charge in [0.25, 0.3) is 0 Å². The zero-order chi connectivity index (χ0) is 14.7. The number of benzene rings is 1. The topological polar surface area (TPSA) is 58.4 Å². The van der Waals surface area contributed by atoms with Crippen LogP contribution < -0.4 is 11.1 Å².